The Bertz CT molecular complexity index is 496. The highest BCUT2D eigenvalue weighted by Gasteiger charge is 2.22. The lowest BCUT2D eigenvalue weighted by Crippen LogP contribution is -2.34. The van der Waals surface area contributed by atoms with Crippen molar-refractivity contribution in [3.8, 4) is 0 Å². The van der Waals surface area contributed by atoms with E-state index >= 15 is 0 Å². The number of nitrogens with two attached hydrogens (primary N) is 1. The van der Waals surface area contributed by atoms with Gasteiger partial charge >= 0.3 is 0 Å². The Hall–Kier alpha value is -1.78. The summed E-state index contributed by atoms with van der Waals surface area (Å²) in [5.41, 5.74) is 8.93. The molecule has 0 spiro atoms. The fourth-order valence-electron chi connectivity index (χ4n) is 2.68. The van der Waals surface area contributed by atoms with Crippen molar-refractivity contribution in [3.63, 3.8) is 0 Å². The Morgan fingerprint density at radius 2 is 2.26 bits per heavy atom. The van der Waals surface area contributed by atoms with Crippen molar-refractivity contribution in [2.45, 2.75) is 46.1 Å². The number of amidine groups is 1. The van der Waals surface area contributed by atoms with Gasteiger partial charge in [0.1, 0.15) is 5.82 Å². The molecule has 1 heterocycles. The topological polar surface area (TPSA) is 74.7 Å². The lowest BCUT2D eigenvalue weighted by molar-refractivity contribution is 0.318. The summed E-state index contributed by atoms with van der Waals surface area (Å²) in [5, 5.41) is 12.1. The summed E-state index contributed by atoms with van der Waals surface area (Å²) in [7, 11) is 0. The van der Waals surface area contributed by atoms with Crippen molar-refractivity contribution in [1.29, 1.82) is 0 Å². The van der Waals surface area contributed by atoms with E-state index in [0.717, 1.165) is 42.9 Å². The lowest BCUT2D eigenvalue weighted by Gasteiger charge is -2.28. The molecule has 1 aromatic heterocycles. The van der Waals surface area contributed by atoms with Gasteiger partial charge in [0.15, 0.2) is 5.84 Å². The van der Waals surface area contributed by atoms with E-state index in [1.54, 1.807) is 0 Å². The average Bonchev–Trinajstić information content (AvgIpc) is 2.84. The van der Waals surface area contributed by atoms with Crippen LogP contribution in [-0.2, 0) is 12.8 Å². The Morgan fingerprint density at radius 3 is 2.84 bits per heavy atom. The highest BCUT2D eigenvalue weighted by atomic mass is 16.4. The van der Waals surface area contributed by atoms with E-state index in [9.17, 15) is 0 Å². The Balaban J connectivity index is 2.56. The van der Waals surface area contributed by atoms with Crippen LogP contribution in [-0.4, -0.2) is 28.6 Å². The largest absolute Gasteiger partial charge is 0.409 e. The second kappa shape index (κ2) is 5.47. The Kier molecular flexibility index (Phi) is 3.93. The number of aryl methyl sites for hydroxylation is 2. The van der Waals surface area contributed by atoms with Gasteiger partial charge in [-0.3, -0.25) is 0 Å². The third-order valence-electron chi connectivity index (χ3n) is 3.65. The minimum absolute atomic E-state index is 0.135. The van der Waals surface area contributed by atoms with Crippen LogP contribution in [0.5, 0.6) is 0 Å². The van der Waals surface area contributed by atoms with E-state index in [0.29, 0.717) is 6.04 Å². The van der Waals surface area contributed by atoms with Crippen LogP contribution in [0.2, 0.25) is 0 Å². The normalized spacial score (nSPS) is 14.8. The molecule has 0 saturated heterocycles. The van der Waals surface area contributed by atoms with Crippen molar-refractivity contribution >= 4 is 11.7 Å². The molecule has 0 amide bonds. The average molecular weight is 262 g/mol. The first-order valence-electron chi connectivity index (χ1n) is 6.85. The smallest absolute Gasteiger partial charge is 0.173 e. The van der Waals surface area contributed by atoms with Gasteiger partial charge in [0.2, 0.25) is 0 Å². The minimum atomic E-state index is 0.135. The Labute approximate surface area is 114 Å². The molecule has 0 atom stereocenters. The number of aromatic nitrogens is 1. The second-order valence-corrected chi connectivity index (χ2v) is 5.18. The summed E-state index contributed by atoms with van der Waals surface area (Å²) in [4.78, 5) is 6.94. The maximum atomic E-state index is 8.97. The molecule has 5 heteroatoms. The molecule has 0 aliphatic heterocycles. The van der Waals surface area contributed by atoms with Crippen molar-refractivity contribution in [2.75, 3.05) is 11.4 Å². The van der Waals surface area contributed by atoms with Crippen molar-refractivity contribution in [1.82, 2.24) is 4.98 Å². The van der Waals surface area contributed by atoms with Gasteiger partial charge in [0, 0.05) is 18.3 Å². The van der Waals surface area contributed by atoms with Crippen LogP contribution in [0, 0.1) is 0 Å². The van der Waals surface area contributed by atoms with E-state index in [1.807, 2.05) is 6.07 Å². The standard InChI is InChI=1S/C14H22N4O/c1-4-18(9(2)3)14-11(13(15)17-19)8-10-6-5-7-12(10)16-14/h8-9,19H,4-7H2,1-3H3,(H2,15,17). The van der Waals surface area contributed by atoms with E-state index in [2.05, 4.69) is 30.8 Å². The molecule has 1 aromatic rings. The van der Waals surface area contributed by atoms with Crippen LogP contribution >= 0.6 is 0 Å². The quantitative estimate of drug-likeness (QED) is 0.376. The van der Waals surface area contributed by atoms with E-state index in [1.165, 1.54) is 5.56 Å². The molecule has 1 aliphatic rings. The summed E-state index contributed by atoms with van der Waals surface area (Å²) >= 11 is 0. The predicted octanol–water partition coefficient (Wildman–Crippen LogP) is 1.90. The maximum Gasteiger partial charge on any atom is 0.173 e. The van der Waals surface area contributed by atoms with Gasteiger partial charge in [-0.05, 0) is 51.7 Å². The molecular weight excluding hydrogens is 240 g/mol. The third kappa shape index (κ3) is 2.50. The molecule has 0 radical (unpaired) electrons. The van der Waals surface area contributed by atoms with Gasteiger partial charge in [-0.25, -0.2) is 4.98 Å². The van der Waals surface area contributed by atoms with Crippen LogP contribution in [0.15, 0.2) is 11.2 Å². The van der Waals surface area contributed by atoms with Gasteiger partial charge in [-0.2, -0.15) is 0 Å². The number of pyridine rings is 1. The Morgan fingerprint density at radius 1 is 1.53 bits per heavy atom. The molecule has 3 N–H and O–H groups in total. The minimum Gasteiger partial charge on any atom is -0.409 e. The summed E-state index contributed by atoms with van der Waals surface area (Å²) < 4.78 is 0. The number of rotatable bonds is 4. The molecule has 0 saturated carbocycles. The monoisotopic (exact) mass is 262 g/mol. The highest BCUT2D eigenvalue weighted by Crippen LogP contribution is 2.28. The maximum absolute atomic E-state index is 8.97. The second-order valence-electron chi connectivity index (χ2n) is 5.18. The number of hydrogen-bond acceptors (Lipinski definition) is 4. The molecule has 2 rings (SSSR count). The van der Waals surface area contributed by atoms with E-state index in [4.69, 9.17) is 15.9 Å². The number of hydrogen-bond donors (Lipinski definition) is 2. The fourth-order valence-corrected chi connectivity index (χ4v) is 2.68. The molecule has 19 heavy (non-hydrogen) atoms. The molecule has 0 fully saturated rings. The number of anilines is 1. The van der Waals surface area contributed by atoms with Crippen LogP contribution in [0.25, 0.3) is 0 Å². The summed E-state index contributed by atoms with van der Waals surface area (Å²) in [6.07, 6.45) is 3.19. The summed E-state index contributed by atoms with van der Waals surface area (Å²) in [5.74, 6) is 0.963. The van der Waals surface area contributed by atoms with Gasteiger partial charge in [-0.1, -0.05) is 5.16 Å². The SMILES string of the molecule is CCN(c1nc2c(cc1C(N)=NO)CCC2)C(C)C. The lowest BCUT2D eigenvalue weighted by atomic mass is 10.1. The fraction of sp³-hybridized carbons (Fsp3) is 0.571. The molecule has 104 valence electrons. The number of nitrogens with zero attached hydrogens (tertiary/aromatic N) is 3. The highest BCUT2D eigenvalue weighted by molar-refractivity contribution is 6.01. The summed E-state index contributed by atoms with van der Waals surface area (Å²) in [6.45, 7) is 7.17. The van der Waals surface area contributed by atoms with Crippen LogP contribution in [0.4, 0.5) is 5.82 Å². The number of oxime groups is 1. The third-order valence-corrected chi connectivity index (χ3v) is 3.65. The van der Waals surface area contributed by atoms with Crippen molar-refractivity contribution in [2.24, 2.45) is 10.9 Å². The number of fused-ring (bicyclic) bond motifs is 1. The zero-order valence-electron chi connectivity index (χ0n) is 11.8. The van der Waals surface area contributed by atoms with Gasteiger partial charge in [-0.15, -0.1) is 0 Å². The van der Waals surface area contributed by atoms with Crippen LogP contribution < -0.4 is 10.6 Å². The van der Waals surface area contributed by atoms with Gasteiger partial charge < -0.3 is 15.8 Å². The molecule has 0 bridgehead atoms. The predicted molar refractivity (Wildman–Crippen MR) is 76.9 cm³/mol. The molecule has 5 nitrogen and oxygen atoms in total. The first kappa shape index (κ1) is 13.6. The zero-order chi connectivity index (χ0) is 14.0. The van der Waals surface area contributed by atoms with E-state index < -0.39 is 0 Å². The van der Waals surface area contributed by atoms with Crippen LogP contribution in [0.3, 0.4) is 0 Å². The molecule has 0 unspecified atom stereocenters. The van der Waals surface area contributed by atoms with Crippen LogP contribution in [0.1, 0.15) is 44.0 Å². The molecule has 1 aliphatic carbocycles. The van der Waals surface area contributed by atoms with Crippen molar-refractivity contribution in [3.05, 3.63) is 22.9 Å². The first-order valence-corrected chi connectivity index (χ1v) is 6.85. The first-order chi connectivity index (χ1) is 9.08. The molecular formula is C14H22N4O. The van der Waals surface area contributed by atoms with Gasteiger partial charge in [0.25, 0.3) is 0 Å². The zero-order valence-corrected chi connectivity index (χ0v) is 11.8. The van der Waals surface area contributed by atoms with Crippen molar-refractivity contribution < 1.29 is 5.21 Å². The summed E-state index contributed by atoms with van der Waals surface area (Å²) in [6, 6.07) is 2.35. The molecule has 0 aromatic carbocycles. The van der Waals surface area contributed by atoms with Gasteiger partial charge in [0.05, 0.1) is 5.56 Å². The van der Waals surface area contributed by atoms with E-state index in [-0.39, 0.29) is 5.84 Å².